The van der Waals surface area contributed by atoms with Crippen LogP contribution in [0.2, 0.25) is 0 Å². The largest absolute Gasteiger partial charge is 0.289 e. The van der Waals surface area contributed by atoms with E-state index in [0.29, 0.717) is 5.56 Å². The van der Waals surface area contributed by atoms with Crippen LogP contribution in [0.25, 0.3) is 6.08 Å². The summed E-state index contributed by atoms with van der Waals surface area (Å²) >= 11 is 0. The van der Waals surface area contributed by atoms with Crippen molar-refractivity contribution in [2.24, 2.45) is 0 Å². The number of ketones is 1. The highest BCUT2D eigenvalue weighted by Gasteiger charge is 2.04. The summed E-state index contributed by atoms with van der Waals surface area (Å²) < 4.78 is 0. The monoisotopic (exact) mass is 323 g/mol. The van der Waals surface area contributed by atoms with Crippen LogP contribution in [-0.4, -0.2) is 10.7 Å². The van der Waals surface area contributed by atoms with E-state index in [1.807, 2.05) is 24.3 Å². The predicted octanol–water partition coefficient (Wildman–Crippen LogP) is 5.22. The molecular formula is C20H21NO3. The molecule has 0 aromatic heterocycles. The molecule has 0 radical (unpaired) electrons. The van der Waals surface area contributed by atoms with Crippen LogP contribution >= 0.6 is 0 Å². The van der Waals surface area contributed by atoms with Gasteiger partial charge in [0, 0.05) is 17.7 Å². The van der Waals surface area contributed by atoms with E-state index in [0.717, 1.165) is 12.0 Å². The van der Waals surface area contributed by atoms with Gasteiger partial charge in [-0.15, -0.1) is 0 Å². The van der Waals surface area contributed by atoms with Gasteiger partial charge in [0.1, 0.15) is 0 Å². The first kappa shape index (κ1) is 17.6. The average molecular weight is 323 g/mol. The zero-order chi connectivity index (χ0) is 17.4. The molecule has 0 atom stereocenters. The number of non-ortho nitro benzene ring substituents is 1. The van der Waals surface area contributed by atoms with E-state index >= 15 is 0 Å². The topological polar surface area (TPSA) is 60.2 Å². The molecule has 24 heavy (non-hydrogen) atoms. The van der Waals surface area contributed by atoms with Crippen molar-refractivity contribution in [2.75, 3.05) is 0 Å². The summed E-state index contributed by atoms with van der Waals surface area (Å²) in [6, 6.07) is 13.8. The molecule has 0 N–H and O–H groups in total. The zero-order valence-corrected chi connectivity index (χ0v) is 13.8. The number of carbonyl (C=O) groups is 1. The van der Waals surface area contributed by atoms with Crippen LogP contribution in [0.1, 0.15) is 47.7 Å². The molecule has 0 fully saturated rings. The van der Waals surface area contributed by atoms with E-state index in [2.05, 4.69) is 6.92 Å². The van der Waals surface area contributed by atoms with E-state index in [4.69, 9.17) is 0 Å². The first-order valence-electron chi connectivity index (χ1n) is 8.16. The van der Waals surface area contributed by atoms with E-state index in [1.165, 1.54) is 43.0 Å². The van der Waals surface area contributed by atoms with Crippen molar-refractivity contribution in [1.29, 1.82) is 0 Å². The number of hydrogen-bond donors (Lipinski definition) is 0. The van der Waals surface area contributed by atoms with Gasteiger partial charge in [0.15, 0.2) is 5.78 Å². The minimum atomic E-state index is -0.444. The standard InChI is InChI=1S/C20H21NO3/c1-2-3-4-5-16-6-11-18(12-7-16)20(22)15-10-17-8-13-19(14-9-17)21(23)24/h6-15H,2-5H2,1H3. The lowest BCUT2D eigenvalue weighted by Gasteiger charge is -2.02. The minimum Gasteiger partial charge on any atom is -0.289 e. The van der Waals surface area contributed by atoms with Crippen molar-refractivity contribution in [2.45, 2.75) is 32.6 Å². The summed E-state index contributed by atoms with van der Waals surface area (Å²) in [7, 11) is 0. The molecule has 4 heteroatoms. The van der Waals surface area contributed by atoms with E-state index in [1.54, 1.807) is 18.2 Å². The maximum absolute atomic E-state index is 12.2. The number of rotatable bonds is 8. The minimum absolute atomic E-state index is 0.0390. The number of nitro benzene ring substituents is 1. The van der Waals surface area contributed by atoms with Gasteiger partial charge in [0.05, 0.1) is 4.92 Å². The molecule has 0 aliphatic heterocycles. The Hall–Kier alpha value is -2.75. The quantitative estimate of drug-likeness (QED) is 0.220. The number of allylic oxidation sites excluding steroid dienone is 1. The molecule has 2 aromatic carbocycles. The van der Waals surface area contributed by atoms with Crippen LogP contribution in [0.4, 0.5) is 5.69 Å². The van der Waals surface area contributed by atoms with Crippen molar-refractivity contribution in [3.05, 3.63) is 81.4 Å². The molecule has 0 aliphatic carbocycles. The van der Waals surface area contributed by atoms with Gasteiger partial charge in [-0.05, 0) is 42.2 Å². The number of carbonyl (C=O) groups excluding carboxylic acids is 1. The highest BCUT2D eigenvalue weighted by atomic mass is 16.6. The molecule has 2 aromatic rings. The van der Waals surface area contributed by atoms with Crippen LogP contribution in [-0.2, 0) is 6.42 Å². The third-order valence-corrected chi connectivity index (χ3v) is 3.84. The number of benzene rings is 2. The summed E-state index contributed by atoms with van der Waals surface area (Å²) in [6.45, 7) is 2.18. The molecule has 124 valence electrons. The molecule has 0 bridgehead atoms. The first-order chi connectivity index (χ1) is 11.6. The first-order valence-corrected chi connectivity index (χ1v) is 8.16. The van der Waals surface area contributed by atoms with Crippen LogP contribution in [0.15, 0.2) is 54.6 Å². The number of aryl methyl sites for hydroxylation is 1. The van der Waals surface area contributed by atoms with Gasteiger partial charge in [-0.2, -0.15) is 0 Å². The Morgan fingerprint density at radius 2 is 1.71 bits per heavy atom. The third-order valence-electron chi connectivity index (χ3n) is 3.84. The lowest BCUT2D eigenvalue weighted by Crippen LogP contribution is -1.95. The maximum atomic E-state index is 12.2. The van der Waals surface area contributed by atoms with Crippen molar-refractivity contribution in [3.8, 4) is 0 Å². The van der Waals surface area contributed by atoms with Crippen LogP contribution in [0, 0.1) is 10.1 Å². The van der Waals surface area contributed by atoms with Crippen LogP contribution in [0.3, 0.4) is 0 Å². The van der Waals surface area contributed by atoms with E-state index < -0.39 is 4.92 Å². The second kappa shape index (κ2) is 8.77. The lowest BCUT2D eigenvalue weighted by molar-refractivity contribution is -0.384. The Kier molecular flexibility index (Phi) is 6.43. The van der Waals surface area contributed by atoms with Gasteiger partial charge in [-0.1, -0.05) is 50.1 Å². The molecule has 2 rings (SSSR count). The van der Waals surface area contributed by atoms with Crippen molar-refractivity contribution in [3.63, 3.8) is 0 Å². The summed E-state index contributed by atoms with van der Waals surface area (Å²) in [6.07, 6.45) is 7.79. The highest BCUT2D eigenvalue weighted by molar-refractivity contribution is 6.06. The molecule has 0 unspecified atom stereocenters. The van der Waals surface area contributed by atoms with Gasteiger partial charge in [-0.3, -0.25) is 14.9 Å². The van der Waals surface area contributed by atoms with E-state index in [-0.39, 0.29) is 11.5 Å². The summed E-state index contributed by atoms with van der Waals surface area (Å²) in [4.78, 5) is 22.3. The number of hydrogen-bond acceptors (Lipinski definition) is 3. The van der Waals surface area contributed by atoms with E-state index in [9.17, 15) is 14.9 Å². The van der Waals surface area contributed by atoms with Gasteiger partial charge >= 0.3 is 0 Å². The number of nitrogens with zero attached hydrogens (tertiary/aromatic N) is 1. The molecule has 0 saturated heterocycles. The predicted molar refractivity (Wildman–Crippen MR) is 96.1 cm³/mol. The lowest BCUT2D eigenvalue weighted by atomic mass is 10.0. The molecule has 0 aliphatic rings. The van der Waals surface area contributed by atoms with Crippen LogP contribution < -0.4 is 0 Å². The van der Waals surface area contributed by atoms with Crippen molar-refractivity contribution < 1.29 is 9.72 Å². The van der Waals surface area contributed by atoms with Gasteiger partial charge in [-0.25, -0.2) is 0 Å². The number of unbranched alkanes of at least 4 members (excludes halogenated alkanes) is 2. The van der Waals surface area contributed by atoms with Crippen molar-refractivity contribution in [1.82, 2.24) is 0 Å². The normalized spacial score (nSPS) is 10.9. The average Bonchev–Trinajstić information content (AvgIpc) is 2.61. The second-order valence-electron chi connectivity index (χ2n) is 5.70. The molecule has 0 amide bonds. The van der Waals surface area contributed by atoms with Crippen LogP contribution in [0.5, 0.6) is 0 Å². The third kappa shape index (κ3) is 5.16. The fraction of sp³-hybridized carbons (Fsp3) is 0.250. The Morgan fingerprint density at radius 3 is 2.29 bits per heavy atom. The fourth-order valence-electron chi connectivity index (χ4n) is 2.39. The summed E-state index contributed by atoms with van der Waals surface area (Å²) in [5, 5.41) is 10.6. The zero-order valence-electron chi connectivity index (χ0n) is 13.8. The molecule has 0 spiro atoms. The molecule has 0 heterocycles. The molecule has 0 saturated carbocycles. The summed E-state index contributed by atoms with van der Waals surface area (Å²) in [5.74, 6) is -0.0755. The smallest absolute Gasteiger partial charge is 0.269 e. The summed E-state index contributed by atoms with van der Waals surface area (Å²) in [5.41, 5.74) is 2.69. The Balaban J connectivity index is 1.97. The SMILES string of the molecule is CCCCCc1ccc(C(=O)C=Cc2ccc([N+](=O)[O-])cc2)cc1. The number of nitro groups is 1. The maximum Gasteiger partial charge on any atom is 0.269 e. The highest BCUT2D eigenvalue weighted by Crippen LogP contribution is 2.14. The Morgan fingerprint density at radius 1 is 1.04 bits per heavy atom. The van der Waals surface area contributed by atoms with Gasteiger partial charge < -0.3 is 0 Å². The van der Waals surface area contributed by atoms with Gasteiger partial charge in [0.2, 0.25) is 0 Å². The Bertz CT molecular complexity index is 716. The van der Waals surface area contributed by atoms with Crippen molar-refractivity contribution >= 4 is 17.5 Å². The molecular weight excluding hydrogens is 302 g/mol. The fourth-order valence-corrected chi connectivity index (χ4v) is 2.39. The Labute approximate surface area is 142 Å². The molecule has 4 nitrogen and oxygen atoms in total. The van der Waals surface area contributed by atoms with Gasteiger partial charge in [0.25, 0.3) is 5.69 Å². The second-order valence-corrected chi connectivity index (χ2v) is 5.70.